The largest absolute Gasteiger partial charge is 0.341 e. The van der Waals surface area contributed by atoms with Crippen molar-refractivity contribution in [1.82, 2.24) is 9.80 Å². The highest BCUT2D eigenvalue weighted by atomic mass is 16.2. The third-order valence-electron chi connectivity index (χ3n) is 6.43. The zero-order chi connectivity index (χ0) is 21.4. The van der Waals surface area contributed by atoms with Gasteiger partial charge in [0, 0.05) is 44.5 Å². The van der Waals surface area contributed by atoms with E-state index >= 15 is 0 Å². The molecule has 0 aliphatic carbocycles. The first kappa shape index (κ1) is 19.5. The van der Waals surface area contributed by atoms with Gasteiger partial charge in [-0.2, -0.15) is 0 Å². The molecule has 1 fully saturated rings. The third-order valence-corrected chi connectivity index (χ3v) is 6.43. The lowest BCUT2D eigenvalue weighted by molar-refractivity contribution is -0.148. The number of piperazine rings is 1. The molecule has 2 aliphatic rings. The molecule has 0 N–H and O–H groups in total. The number of carbonyl (C=O) groups excluding carboxylic acids is 2. The fourth-order valence-corrected chi connectivity index (χ4v) is 4.88. The number of nitrogens with zero attached hydrogens (tertiary/aromatic N) is 3. The van der Waals surface area contributed by atoms with Crippen LogP contribution in [0.1, 0.15) is 21.5 Å². The number of likely N-dealkylation sites (N-methyl/N-ethyl adjacent to an activating group) is 1. The van der Waals surface area contributed by atoms with Gasteiger partial charge in [0.05, 0.1) is 0 Å². The maximum Gasteiger partial charge on any atom is 0.272 e. The van der Waals surface area contributed by atoms with Crippen LogP contribution in [-0.2, 0) is 17.9 Å². The maximum atomic E-state index is 14.1. The molecule has 0 radical (unpaired) electrons. The third kappa shape index (κ3) is 3.04. The van der Waals surface area contributed by atoms with E-state index in [1.807, 2.05) is 102 Å². The van der Waals surface area contributed by atoms with E-state index in [0.717, 1.165) is 16.8 Å². The summed E-state index contributed by atoms with van der Waals surface area (Å²) in [5.41, 5.74) is 2.21. The maximum absolute atomic E-state index is 14.1. The minimum Gasteiger partial charge on any atom is -0.341 e. The number of carbonyl (C=O) groups is 2. The summed E-state index contributed by atoms with van der Waals surface area (Å²) in [6, 6.07) is 27.5. The second kappa shape index (κ2) is 7.67. The highest BCUT2D eigenvalue weighted by molar-refractivity contribution is 6.25. The number of rotatable bonds is 4. The molecule has 31 heavy (non-hydrogen) atoms. The minimum atomic E-state index is -1.35. The smallest absolute Gasteiger partial charge is 0.272 e. The topological polar surface area (TPSA) is 43.9 Å². The van der Waals surface area contributed by atoms with E-state index in [-0.39, 0.29) is 11.7 Å². The molecule has 5 rings (SSSR count). The van der Waals surface area contributed by atoms with Gasteiger partial charge in [0.25, 0.3) is 5.91 Å². The molecule has 156 valence electrons. The van der Waals surface area contributed by atoms with Gasteiger partial charge in [0.2, 0.25) is 11.4 Å². The SMILES string of the molecule is CN1c2ccccc2C(=O)C12C(=O)N(Cc1ccccc1)CCN2Cc1ccccc1. The molecule has 3 aromatic carbocycles. The number of anilines is 1. The lowest BCUT2D eigenvalue weighted by Crippen LogP contribution is -2.73. The molecule has 5 nitrogen and oxygen atoms in total. The lowest BCUT2D eigenvalue weighted by atomic mass is 9.94. The highest BCUT2D eigenvalue weighted by Gasteiger charge is 2.62. The zero-order valence-corrected chi connectivity index (χ0v) is 17.6. The van der Waals surface area contributed by atoms with Crippen LogP contribution in [0.2, 0.25) is 0 Å². The van der Waals surface area contributed by atoms with Crippen molar-refractivity contribution < 1.29 is 9.59 Å². The van der Waals surface area contributed by atoms with Gasteiger partial charge in [-0.05, 0) is 23.3 Å². The van der Waals surface area contributed by atoms with Crippen molar-refractivity contribution in [2.24, 2.45) is 0 Å². The molecular formula is C26H25N3O2. The normalized spacial score (nSPS) is 21.1. The summed E-state index contributed by atoms with van der Waals surface area (Å²) in [5, 5.41) is 0. The number of ketones is 1. The molecule has 1 saturated heterocycles. The van der Waals surface area contributed by atoms with Crippen LogP contribution in [0, 0.1) is 0 Å². The predicted octanol–water partition coefficient (Wildman–Crippen LogP) is 3.56. The Labute approximate surface area is 182 Å². The van der Waals surface area contributed by atoms with Crippen molar-refractivity contribution in [1.29, 1.82) is 0 Å². The average molecular weight is 412 g/mol. The first-order valence-electron chi connectivity index (χ1n) is 10.6. The number of hydrogen-bond acceptors (Lipinski definition) is 4. The van der Waals surface area contributed by atoms with E-state index in [2.05, 4.69) is 4.90 Å². The summed E-state index contributed by atoms with van der Waals surface area (Å²) in [6.07, 6.45) is 0. The Hall–Kier alpha value is -3.44. The number of Topliss-reactive ketones (excluding diaryl/α,β-unsaturated/α-hetero) is 1. The average Bonchev–Trinajstić information content (AvgIpc) is 3.03. The second-order valence-electron chi connectivity index (χ2n) is 8.20. The van der Waals surface area contributed by atoms with Gasteiger partial charge >= 0.3 is 0 Å². The van der Waals surface area contributed by atoms with Gasteiger partial charge in [-0.3, -0.25) is 14.5 Å². The second-order valence-corrected chi connectivity index (χ2v) is 8.20. The number of benzene rings is 3. The summed E-state index contributed by atoms with van der Waals surface area (Å²) in [6.45, 7) is 2.24. The van der Waals surface area contributed by atoms with E-state index in [1.165, 1.54) is 0 Å². The zero-order valence-electron chi connectivity index (χ0n) is 17.6. The number of fused-ring (bicyclic) bond motifs is 1. The Balaban J connectivity index is 1.56. The van der Waals surface area contributed by atoms with Crippen molar-refractivity contribution in [2.45, 2.75) is 18.8 Å². The highest BCUT2D eigenvalue weighted by Crippen LogP contribution is 2.43. The summed E-state index contributed by atoms with van der Waals surface area (Å²) in [5.74, 6) is -0.286. The molecule has 1 unspecified atom stereocenters. The van der Waals surface area contributed by atoms with E-state index in [9.17, 15) is 9.59 Å². The monoisotopic (exact) mass is 411 g/mol. The minimum absolute atomic E-state index is 0.135. The number of hydrogen-bond donors (Lipinski definition) is 0. The first-order valence-corrected chi connectivity index (χ1v) is 10.6. The van der Waals surface area contributed by atoms with Crippen LogP contribution in [0.25, 0.3) is 0 Å². The fourth-order valence-electron chi connectivity index (χ4n) is 4.88. The van der Waals surface area contributed by atoms with Crippen molar-refractivity contribution in [3.8, 4) is 0 Å². The molecule has 0 saturated carbocycles. The summed E-state index contributed by atoms with van der Waals surface area (Å²) in [7, 11) is 1.87. The van der Waals surface area contributed by atoms with Crippen LogP contribution >= 0.6 is 0 Å². The van der Waals surface area contributed by atoms with E-state index in [4.69, 9.17) is 0 Å². The summed E-state index contributed by atoms with van der Waals surface area (Å²) >= 11 is 0. The van der Waals surface area contributed by atoms with Crippen LogP contribution in [-0.4, -0.2) is 47.3 Å². The molecule has 1 spiro atoms. The standard InChI is InChI=1S/C26H25N3O2/c1-27-23-15-9-8-14-22(23)24(30)26(27)25(31)28(18-20-10-4-2-5-11-20)16-17-29(26)19-21-12-6-3-7-13-21/h2-15H,16-19H2,1H3. The predicted molar refractivity (Wildman–Crippen MR) is 121 cm³/mol. The number of amides is 1. The first-order chi connectivity index (χ1) is 15.1. The molecule has 5 heteroatoms. The number of para-hydroxylation sites is 1. The van der Waals surface area contributed by atoms with Gasteiger partial charge in [-0.25, -0.2) is 0 Å². The Bertz CT molecular complexity index is 1120. The molecule has 1 atom stereocenters. The van der Waals surface area contributed by atoms with Crippen LogP contribution in [0.3, 0.4) is 0 Å². The van der Waals surface area contributed by atoms with Crippen LogP contribution < -0.4 is 4.90 Å². The molecule has 0 aromatic heterocycles. The van der Waals surface area contributed by atoms with E-state index < -0.39 is 5.66 Å². The quantitative estimate of drug-likeness (QED) is 0.616. The van der Waals surface area contributed by atoms with Gasteiger partial charge in [-0.15, -0.1) is 0 Å². The summed E-state index contributed by atoms with van der Waals surface area (Å²) < 4.78 is 0. The van der Waals surface area contributed by atoms with E-state index in [0.29, 0.717) is 31.7 Å². The van der Waals surface area contributed by atoms with Crippen LogP contribution in [0.4, 0.5) is 5.69 Å². The van der Waals surface area contributed by atoms with E-state index in [1.54, 1.807) is 0 Å². The molecule has 2 aliphatic heterocycles. The van der Waals surface area contributed by atoms with Gasteiger partial charge in [-0.1, -0.05) is 72.8 Å². The Morgan fingerprint density at radius 2 is 1.32 bits per heavy atom. The van der Waals surface area contributed by atoms with Crippen LogP contribution in [0.15, 0.2) is 84.9 Å². The summed E-state index contributed by atoms with van der Waals surface area (Å²) in [4.78, 5) is 33.7. The van der Waals surface area contributed by atoms with Gasteiger partial charge in [0.1, 0.15) is 0 Å². The fraction of sp³-hybridized carbons (Fsp3) is 0.231. The van der Waals surface area contributed by atoms with Crippen molar-refractivity contribution in [2.75, 3.05) is 25.0 Å². The van der Waals surface area contributed by atoms with Gasteiger partial charge < -0.3 is 9.80 Å². The lowest BCUT2D eigenvalue weighted by Gasteiger charge is -2.50. The molecule has 3 aromatic rings. The molecular weight excluding hydrogens is 386 g/mol. The van der Waals surface area contributed by atoms with Gasteiger partial charge in [0.15, 0.2) is 0 Å². The molecule has 0 bridgehead atoms. The van der Waals surface area contributed by atoms with Crippen molar-refractivity contribution in [3.63, 3.8) is 0 Å². The van der Waals surface area contributed by atoms with Crippen molar-refractivity contribution >= 4 is 17.4 Å². The molecule has 2 heterocycles. The Morgan fingerprint density at radius 3 is 1.97 bits per heavy atom. The Morgan fingerprint density at radius 1 is 0.742 bits per heavy atom. The molecule has 1 amide bonds. The van der Waals surface area contributed by atoms with Crippen molar-refractivity contribution in [3.05, 3.63) is 102 Å². The van der Waals surface area contributed by atoms with Crippen LogP contribution in [0.5, 0.6) is 0 Å². The Kier molecular flexibility index (Phi) is 4.83.